The van der Waals surface area contributed by atoms with Gasteiger partial charge in [-0.25, -0.2) is 9.37 Å². The van der Waals surface area contributed by atoms with Crippen LogP contribution in [0.1, 0.15) is 10.4 Å². The third-order valence-electron chi connectivity index (χ3n) is 1.70. The summed E-state index contributed by atoms with van der Waals surface area (Å²) in [4.78, 5) is 15.2. The second kappa shape index (κ2) is 4.22. The maximum Gasteiger partial charge on any atom is 0.188 e. The fourth-order valence-electron chi connectivity index (χ4n) is 1.05. The van der Waals surface area contributed by atoms with Gasteiger partial charge in [-0.2, -0.15) is 5.10 Å². The summed E-state index contributed by atoms with van der Waals surface area (Å²) in [5.41, 5.74) is 0.302. The van der Waals surface area contributed by atoms with Gasteiger partial charge in [-0.1, -0.05) is 0 Å². The van der Waals surface area contributed by atoms with Crippen molar-refractivity contribution >= 4 is 18.0 Å². The Morgan fingerprint density at radius 3 is 3.00 bits per heavy atom. The molecule has 4 nitrogen and oxygen atoms in total. The third kappa shape index (κ3) is 2.21. The van der Waals surface area contributed by atoms with Gasteiger partial charge >= 0.3 is 0 Å². The second-order valence-electron chi connectivity index (χ2n) is 2.69. The summed E-state index contributed by atoms with van der Waals surface area (Å²) in [5, 5.41) is 6.88. The molecule has 0 radical (unpaired) electrons. The quantitative estimate of drug-likeness (QED) is 0.807. The van der Waals surface area contributed by atoms with E-state index in [0.29, 0.717) is 21.9 Å². The van der Waals surface area contributed by atoms with Crippen LogP contribution in [0.15, 0.2) is 34.6 Å². The second-order valence-corrected chi connectivity index (χ2v) is 3.72. The molecule has 6 heteroatoms. The molecule has 0 aliphatic rings. The summed E-state index contributed by atoms with van der Waals surface area (Å²) in [6.07, 6.45) is 1.98. The van der Waals surface area contributed by atoms with Gasteiger partial charge in [-0.3, -0.25) is 9.89 Å². The first-order valence-corrected chi connectivity index (χ1v) is 4.89. The average molecular weight is 223 g/mol. The monoisotopic (exact) mass is 223 g/mol. The van der Waals surface area contributed by atoms with Crippen LogP contribution in [-0.4, -0.2) is 21.5 Å². The fraction of sp³-hybridized carbons (Fsp3) is 0. The third-order valence-corrected chi connectivity index (χ3v) is 2.68. The number of aromatic amines is 1. The van der Waals surface area contributed by atoms with E-state index in [4.69, 9.17) is 0 Å². The van der Waals surface area contributed by atoms with Crippen molar-refractivity contribution in [2.75, 3.05) is 0 Å². The topological polar surface area (TPSA) is 58.6 Å². The normalized spacial score (nSPS) is 10.2. The van der Waals surface area contributed by atoms with Crippen LogP contribution in [0.3, 0.4) is 0 Å². The Morgan fingerprint density at radius 1 is 1.47 bits per heavy atom. The lowest BCUT2D eigenvalue weighted by atomic mass is 10.2. The SMILES string of the molecule is O=Cc1cc(F)ccc1Sc1ncn[nH]1. The Balaban J connectivity index is 2.32. The zero-order chi connectivity index (χ0) is 10.7. The van der Waals surface area contributed by atoms with Crippen molar-refractivity contribution in [2.45, 2.75) is 10.1 Å². The molecule has 1 N–H and O–H groups in total. The summed E-state index contributed by atoms with van der Waals surface area (Å²) in [5.74, 6) is -0.431. The first-order chi connectivity index (χ1) is 7.29. The van der Waals surface area contributed by atoms with E-state index in [-0.39, 0.29) is 0 Å². The smallest absolute Gasteiger partial charge is 0.188 e. The van der Waals surface area contributed by atoms with E-state index in [2.05, 4.69) is 15.2 Å². The van der Waals surface area contributed by atoms with Crippen molar-refractivity contribution in [1.29, 1.82) is 0 Å². The van der Waals surface area contributed by atoms with E-state index >= 15 is 0 Å². The number of rotatable bonds is 3. The molecule has 0 amide bonds. The van der Waals surface area contributed by atoms with E-state index < -0.39 is 5.82 Å². The van der Waals surface area contributed by atoms with Crippen LogP contribution in [-0.2, 0) is 0 Å². The van der Waals surface area contributed by atoms with E-state index in [0.717, 1.165) is 0 Å². The number of aldehydes is 1. The molecule has 0 saturated carbocycles. The van der Waals surface area contributed by atoms with Crippen LogP contribution < -0.4 is 0 Å². The number of nitrogens with one attached hydrogen (secondary N) is 1. The Labute approximate surface area is 88.9 Å². The number of halogens is 1. The molecule has 1 aromatic heterocycles. The highest BCUT2D eigenvalue weighted by molar-refractivity contribution is 7.99. The summed E-state index contributed by atoms with van der Waals surface area (Å²) in [7, 11) is 0. The molecule has 0 spiro atoms. The fourth-order valence-corrected chi connectivity index (χ4v) is 1.82. The van der Waals surface area contributed by atoms with Crippen LogP contribution >= 0.6 is 11.8 Å². The highest BCUT2D eigenvalue weighted by atomic mass is 32.2. The number of carbonyl (C=O) groups excluding carboxylic acids is 1. The van der Waals surface area contributed by atoms with Gasteiger partial charge in [0.05, 0.1) is 0 Å². The lowest BCUT2D eigenvalue weighted by Gasteiger charge is -2.01. The number of H-pyrrole nitrogens is 1. The van der Waals surface area contributed by atoms with Crippen LogP contribution in [0.4, 0.5) is 4.39 Å². The van der Waals surface area contributed by atoms with Crippen molar-refractivity contribution < 1.29 is 9.18 Å². The lowest BCUT2D eigenvalue weighted by molar-refractivity contribution is 0.112. The minimum Gasteiger partial charge on any atom is -0.298 e. The predicted molar refractivity (Wildman–Crippen MR) is 52.3 cm³/mol. The van der Waals surface area contributed by atoms with Crippen LogP contribution in [0.5, 0.6) is 0 Å². The van der Waals surface area contributed by atoms with Gasteiger partial charge in [0.1, 0.15) is 12.1 Å². The molecule has 2 aromatic rings. The number of hydrogen-bond donors (Lipinski definition) is 1. The molecule has 0 fully saturated rings. The molecule has 15 heavy (non-hydrogen) atoms. The van der Waals surface area contributed by atoms with Crippen molar-refractivity contribution in [1.82, 2.24) is 15.2 Å². The summed E-state index contributed by atoms with van der Waals surface area (Å²) >= 11 is 1.23. The summed E-state index contributed by atoms with van der Waals surface area (Å²) in [6.45, 7) is 0. The van der Waals surface area contributed by atoms with Gasteiger partial charge < -0.3 is 0 Å². The summed E-state index contributed by atoms with van der Waals surface area (Å²) < 4.78 is 12.8. The van der Waals surface area contributed by atoms with E-state index in [1.807, 2.05) is 0 Å². The first kappa shape index (κ1) is 9.85. The van der Waals surface area contributed by atoms with Gasteiger partial charge in [0, 0.05) is 10.5 Å². The van der Waals surface area contributed by atoms with Gasteiger partial charge in [0.2, 0.25) is 0 Å². The highest BCUT2D eigenvalue weighted by Crippen LogP contribution is 2.26. The van der Waals surface area contributed by atoms with Gasteiger partial charge in [-0.15, -0.1) is 0 Å². The van der Waals surface area contributed by atoms with Crippen molar-refractivity contribution in [3.8, 4) is 0 Å². The molecule has 0 unspecified atom stereocenters. The lowest BCUT2D eigenvalue weighted by Crippen LogP contribution is -1.87. The van der Waals surface area contributed by atoms with Crippen LogP contribution in [0, 0.1) is 5.82 Å². The first-order valence-electron chi connectivity index (χ1n) is 4.07. The number of benzene rings is 1. The molecular formula is C9H6FN3OS. The molecule has 1 aromatic carbocycles. The Hall–Kier alpha value is -1.69. The zero-order valence-corrected chi connectivity index (χ0v) is 8.29. The largest absolute Gasteiger partial charge is 0.298 e. The number of carbonyl (C=O) groups is 1. The minimum atomic E-state index is -0.431. The maximum absolute atomic E-state index is 12.8. The molecule has 0 aliphatic heterocycles. The molecule has 0 bridgehead atoms. The summed E-state index contributed by atoms with van der Waals surface area (Å²) in [6, 6.07) is 4.02. The Morgan fingerprint density at radius 2 is 2.33 bits per heavy atom. The van der Waals surface area contributed by atoms with Crippen LogP contribution in [0.2, 0.25) is 0 Å². The average Bonchev–Trinajstić information content (AvgIpc) is 2.73. The van der Waals surface area contributed by atoms with E-state index in [1.165, 1.54) is 36.3 Å². The molecule has 0 atom stereocenters. The predicted octanol–water partition coefficient (Wildman–Crippen LogP) is 1.91. The van der Waals surface area contributed by atoms with E-state index in [9.17, 15) is 9.18 Å². The number of hydrogen-bond acceptors (Lipinski definition) is 4. The molecule has 76 valence electrons. The van der Waals surface area contributed by atoms with Crippen molar-refractivity contribution in [2.24, 2.45) is 0 Å². The molecule has 2 rings (SSSR count). The number of nitrogens with zero attached hydrogens (tertiary/aromatic N) is 2. The van der Waals surface area contributed by atoms with Gasteiger partial charge in [-0.05, 0) is 30.0 Å². The van der Waals surface area contributed by atoms with E-state index in [1.54, 1.807) is 0 Å². The van der Waals surface area contributed by atoms with Gasteiger partial charge in [0.25, 0.3) is 0 Å². The molecule has 0 aliphatic carbocycles. The Bertz CT molecular complexity index is 472. The molecule has 0 saturated heterocycles. The molecule has 1 heterocycles. The minimum absolute atomic E-state index is 0.302. The van der Waals surface area contributed by atoms with Crippen LogP contribution in [0.25, 0.3) is 0 Å². The van der Waals surface area contributed by atoms with Gasteiger partial charge in [0.15, 0.2) is 11.4 Å². The highest BCUT2D eigenvalue weighted by Gasteiger charge is 2.06. The molecular weight excluding hydrogens is 217 g/mol. The number of aromatic nitrogens is 3. The zero-order valence-electron chi connectivity index (χ0n) is 7.48. The maximum atomic E-state index is 12.8. The standard InChI is InChI=1S/C9H6FN3OS/c10-7-1-2-8(6(3-7)4-14)15-9-11-5-12-13-9/h1-5H,(H,11,12,13). The van der Waals surface area contributed by atoms with Crippen molar-refractivity contribution in [3.63, 3.8) is 0 Å². The van der Waals surface area contributed by atoms with Crippen molar-refractivity contribution in [3.05, 3.63) is 35.9 Å². The Kier molecular flexibility index (Phi) is 2.77.